The summed E-state index contributed by atoms with van der Waals surface area (Å²) in [6.45, 7) is 0. The van der Waals surface area contributed by atoms with E-state index in [1.54, 1.807) is 0 Å². The van der Waals surface area contributed by atoms with Gasteiger partial charge < -0.3 is 10.3 Å². The highest BCUT2D eigenvalue weighted by Crippen LogP contribution is 2.28. The Balaban J connectivity index is 2.29. The number of benzene rings is 1. The van der Waals surface area contributed by atoms with E-state index in [0.29, 0.717) is 10.6 Å². The van der Waals surface area contributed by atoms with Gasteiger partial charge in [-0.2, -0.15) is 18.2 Å². The summed E-state index contributed by atoms with van der Waals surface area (Å²) < 4.78 is 41.1. The molecule has 0 saturated heterocycles. The fourth-order valence-corrected chi connectivity index (χ4v) is 1.52. The molecule has 2 N–H and O–H groups in total. The van der Waals surface area contributed by atoms with E-state index in [1.807, 2.05) is 0 Å². The van der Waals surface area contributed by atoms with Gasteiger partial charge in [-0.15, -0.1) is 0 Å². The van der Waals surface area contributed by atoms with Crippen LogP contribution in [0.25, 0.3) is 11.5 Å². The van der Waals surface area contributed by atoms with Gasteiger partial charge in [-0.25, -0.2) is 0 Å². The zero-order valence-corrected chi connectivity index (χ0v) is 9.59. The van der Waals surface area contributed by atoms with Crippen LogP contribution in [0.3, 0.4) is 0 Å². The van der Waals surface area contributed by atoms with Gasteiger partial charge in [0.15, 0.2) is 5.82 Å². The lowest BCUT2D eigenvalue weighted by atomic mass is 10.2. The number of rotatable bonds is 2. The molecule has 1 heterocycles. The molecule has 2 rings (SSSR count). The summed E-state index contributed by atoms with van der Waals surface area (Å²) in [5.74, 6) is -0.504. The summed E-state index contributed by atoms with van der Waals surface area (Å²) in [5, 5.41) is 3.66. The Bertz CT molecular complexity index is 568. The van der Waals surface area contributed by atoms with Crippen molar-refractivity contribution in [3.05, 3.63) is 29.0 Å². The molecular formula is C10H7ClF3N3O. The van der Waals surface area contributed by atoms with Crippen LogP contribution in [0.5, 0.6) is 0 Å². The number of halogens is 4. The molecule has 0 amide bonds. The second kappa shape index (κ2) is 4.49. The summed E-state index contributed by atoms with van der Waals surface area (Å²) in [7, 11) is 0. The Hall–Kier alpha value is -1.76. The molecular weight excluding hydrogens is 271 g/mol. The number of nitrogens with two attached hydrogens (primary N) is 1. The smallest absolute Gasteiger partial charge is 0.396 e. The van der Waals surface area contributed by atoms with Gasteiger partial charge in [-0.1, -0.05) is 16.8 Å². The number of nitrogen functional groups attached to an aromatic ring is 1. The van der Waals surface area contributed by atoms with Crippen molar-refractivity contribution in [2.45, 2.75) is 12.6 Å². The summed E-state index contributed by atoms with van der Waals surface area (Å²) in [5.41, 5.74) is 6.26. The standard InChI is InChI=1S/C10H7ClF3N3O/c11-5-1-2-6(7(15)3-5)9-16-8(17-18-9)4-10(12,13)14/h1-3H,4,15H2. The molecule has 0 unspecified atom stereocenters. The summed E-state index contributed by atoms with van der Waals surface area (Å²) in [4.78, 5) is 3.64. The van der Waals surface area contributed by atoms with E-state index in [0.717, 1.165) is 0 Å². The highest BCUT2D eigenvalue weighted by Gasteiger charge is 2.30. The fourth-order valence-electron chi connectivity index (χ4n) is 1.34. The zero-order valence-electron chi connectivity index (χ0n) is 8.83. The predicted octanol–water partition coefficient (Wildman–Crippen LogP) is 3.08. The maximum atomic E-state index is 12.1. The molecule has 8 heteroatoms. The van der Waals surface area contributed by atoms with Crippen LogP contribution in [-0.2, 0) is 6.42 Å². The molecule has 0 aliphatic carbocycles. The van der Waals surface area contributed by atoms with E-state index in [1.165, 1.54) is 18.2 Å². The molecule has 1 aromatic carbocycles. The van der Waals surface area contributed by atoms with Crippen molar-refractivity contribution in [3.8, 4) is 11.5 Å². The highest BCUT2D eigenvalue weighted by molar-refractivity contribution is 6.31. The minimum absolute atomic E-state index is 0.0663. The highest BCUT2D eigenvalue weighted by atomic mass is 35.5. The van der Waals surface area contributed by atoms with Crippen LogP contribution >= 0.6 is 11.6 Å². The molecule has 2 aromatic rings. The Morgan fingerprint density at radius 3 is 2.67 bits per heavy atom. The number of alkyl halides is 3. The minimum atomic E-state index is -4.38. The van der Waals surface area contributed by atoms with Crippen molar-refractivity contribution in [1.29, 1.82) is 0 Å². The van der Waals surface area contributed by atoms with E-state index in [2.05, 4.69) is 10.1 Å². The number of anilines is 1. The lowest BCUT2D eigenvalue weighted by Gasteiger charge is -2.01. The van der Waals surface area contributed by atoms with E-state index in [-0.39, 0.29) is 11.6 Å². The Morgan fingerprint density at radius 2 is 2.06 bits per heavy atom. The topological polar surface area (TPSA) is 64.9 Å². The second-order valence-electron chi connectivity index (χ2n) is 3.54. The van der Waals surface area contributed by atoms with Crippen LogP contribution in [0.4, 0.5) is 18.9 Å². The third kappa shape index (κ3) is 2.92. The molecule has 0 bridgehead atoms. The van der Waals surface area contributed by atoms with Gasteiger partial charge in [-0.05, 0) is 18.2 Å². The lowest BCUT2D eigenvalue weighted by Crippen LogP contribution is -2.12. The van der Waals surface area contributed by atoms with Crippen LogP contribution in [0, 0.1) is 0 Å². The van der Waals surface area contributed by atoms with Gasteiger partial charge in [0.25, 0.3) is 5.89 Å². The SMILES string of the molecule is Nc1cc(Cl)ccc1-c1nc(CC(F)(F)F)no1. The van der Waals surface area contributed by atoms with E-state index in [4.69, 9.17) is 21.9 Å². The third-order valence-corrected chi connectivity index (χ3v) is 2.31. The Morgan fingerprint density at radius 1 is 1.33 bits per heavy atom. The largest absolute Gasteiger partial charge is 0.398 e. The first kappa shape index (κ1) is 12.7. The molecule has 0 fully saturated rings. The van der Waals surface area contributed by atoms with Crippen LogP contribution in [0.2, 0.25) is 5.02 Å². The first-order valence-electron chi connectivity index (χ1n) is 4.80. The van der Waals surface area contributed by atoms with Gasteiger partial charge in [0.1, 0.15) is 6.42 Å². The number of aromatic nitrogens is 2. The summed E-state index contributed by atoms with van der Waals surface area (Å²) in [6, 6.07) is 4.48. The molecule has 0 radical (unpaired) electrons. The Labute approximate surface area is 105 Å². The quantitative estimate of drug-likeness (QED) is 0.857. The number of hydrogen-bond donors (Lipinski definition) is 1. The van der Waals surface area contributed by atoms with Crippen molar-refractivity contribution in [2.75, 3.05) is 5.73 Å². The average Bonchev–Trinajstić information content (AvgIpc) is 2.63. The maximum absolute atomic E-state index is 12.1. The van der Waals surface area contributed by atoms with Gasteiger partial charge in [0, 0.05) is 10.7 Å². The molecule has 0 aliphatic heterocycles. The number of nitrogens with zero attached hydrogens (tertiary/aromatic N) is 2. The molecule has 0 spiro atoms. The number of hydrogen-bond acceptors (Lipinski definition) is 4. The first-order valence-corrected chi connectivity index (χ1v) is 5.18. The summed E-state index contributed by atoms with van der Waals surface area (Å²) in [6.07, 6.45) is -5.63. The molecule has 18 heavy (non-hydrogen) atoms. The predicted molar refractivity (Wildman–Crippen MR) is 58.9 cm³/mol. The summed E-state index contributed by atoms with van der Waals surface area (Å²) >= 11 is 5.70. The van der Waals surface area contributed by atoms with E-state index in [9.17, 15) is 13.2 Å². The van der Waals surface area contributed by atoms with Crippen LogP contribution in [0.15, 0.2) is 22.7 Å². The van der Waals surface area contributed by atoms with Gasteiger partial charge >= 0.3 is 6.18 Å². The normalized spacial score (nSPS) is 11.8. The second-order valence-corrected chi connectivity index (χ2v) is 3.98. The van der Waals surface area contributed by atoms with E-state index >= 15 is 0 Å². The average molecular weight is 278 g/mol. The van der Waals surface area contributed by atoms with Crippen LogP contribution < -0.4 is 5.73 Å². The fraction of sp³-hybridized carbons (Fsp3) is 0.200. The van der Waals surface area contributed by atoms with Crippen molar-refractivity contribution in [1.82, 2.24) is 10.1 Å². The first-order chi connectivity index (χ1) is 8.35. The molecule has 0 aliphatic rings. The van der Waals surface area contributed by atoms with E-state index < -0.39 is 18.4 Å². The maximum Gasteiger partial charge on any atom is 0.396 e. The van der Waals surface area contributed by atoms with Crippen LogP contribution in [0.1, 0.15) is 5.82 Å². The minimum Gasteiger partial charge on any atom is -0.398 e. The van der Waals surface area contributed by atoms with Crippen molar-refractivity contribution < 1.29 is 17.7 Å². The zero-order chi connectivity index (χ0) is 13.3. The monoisotopic (exact) mass is 277 g/mol. The Kier molecular flexibility index (Phi) is 3.16. The molecule has 4 nitrogen and oxygen atoms in total. The van der Waals surface area contributed by atoms with Crippen molar-refractivity contribution in [2.24, 2.45) is 0 Å². The molecule has 1 aromatic heterocycles. The van der Waals surface area contributed by atoms with Gasteiger partial charge in [0.2, 0.25) is 0 Å². The van der Waals surface area contributed by atoms with Crippen LogP contribution in [-0.4, -0.2) is 16.3 Å². The molecule has 96 valence electrons. The molecule has 0 saturated carbocycles. The van der Waals surface area contributed by atoms with Gasteiger partial charge in [-0.3, -0.25) is 0 Å². The lowest BCUT2D eigenvalue weighted by molar-refractivity contribution is -0.128. The van der Waals surface area contributed by atoms with Crippen molar-refractivity contribution >= 4 is 17.3 Å². The molecule has 0 atom stereocenters. The van der Waals surface area contributed by atoms with Gasteiger partial charge in [0.05, 0.1) is 5.56 Å². The third-order valence-electron chi connectivity index (χ3n) is 2.07. The van der Waals surface area contributed by atoms with Crippen molar-refractivity contribution in [3.63, 3.8) is 0 Å².